The Hall–Kier alpha value is -2.84. The van der Waals surface area contributed by atoms with Crippen LogP contribution >= 0.6 is 0 Å². The van der Waals surface area contributed by atoms with Crippen LogP contribution in [0.2, 0.25) is 0 Å². The molecule has 1 saturated heterocycles. The van der Waals surface area contributed by atoms with Crippen molar-refractivity contribution in [2.45, 2.75) is 13.1 Å². The van der Waals surface area contributed by atoms with Crippen molar-refractivity contribution in [3.63, 3.8) is 0 Å². The Labute approximate surface area is 146 Å². The van der Waals surface area contributed by atoms with Crippen LogP contribution in [0.15, 0.2) is 35.1 Å². The van der Waals surface area contributed by atoms with E-state index in [0.29, 0.717) is 5.56 Å². The molecule has 1 fully saturated rings. The number of nitrogens with zero attached hydrogens (tertiary/aromatic N) is 2. The molecule has 2 heterocycles. The summed E-state index contributed by atoms with van der Waals surface area (Å²) in [7, 11) is 0. The van der Waals surface area contributed by atoms with Crippen LogP contribution in [-0.2, 0) is 4.79 Å². The number of rotatable bonds is 3. The highest BCUT2D eigenvalue weighted by molar-refractivity contribution is 5.98. The first kappa shape index (κ1) is 18.0. The molecule has 0 spiro atoms. The molecule has 0 unspecified atom stereocenters. The summed E-state index contributed by atoms with van der Waals surface area (Å²) in [5.74, 6) is -6.04. The molecule has 0 radical (unpaired) electrons. The number of benzene rings is 1. The van der Waals surface area contributed by atoms with Crippen molar-refractivity contribution >= 4 is 11.9 Å². The van der Waals surface area contributed by atoms with Gasteiger partial charge in [-0.05, 0) is 6.92 Å². The SMILES string of the molecule is Cc1ccc(-c2ocnc2C(=O)N2C[C@@H](C(F)(F)F)[C@H](C(=O)O)C2)cc1. The van der Waals surface area contributed by atoms with Crippen molar-refractivity contribution in [1.82, 2.24) is 9.88 Å². The van der Waals surface area contributed by atoms with Gasteiger partial charge in [0.1, 0.15) is 0 Å². The molecule has 2 atom stereocenters. The predicted molar refractivity (Wildman–Crippen MR) is 83.3 cm³/mol. The third-order valence-electron chi connectivity index (χ3n) is 4.43. The number of amides is 1. The lowest BCUT2D eigenvalue weighted by Crippen LogP contribution is -2.34. The van der Waals surface area contributed by atoms with E-state index in [4.69, 9.17) is 9.52 Å². The summed E-state index contributed by atoms with van der Waals surface area (Å²) in [6.07, 6.45) is -3.67. The molecule has 0 aliphatic carbocycles. The Balaban J connectivity index is 1.88. The van der Waals surface area contributed by atoms with Gasteiger partial charge in [0.05, 0.1) is 11.8 Å². The minimum Gasteiger partial charge on any atom is -0.481 e. The largest absolute Gasteiger partial charge is 0.481 e. The van der Waals surface area contributed by atoms with Gasteiger partial charge in [0.25, 0.3) is 5.91 Å². The Bertz CT molecular complexity index is 829. The van der Waals surface area contributed by atoms with Crippen molar-refractivity contribution in [2.24, 2.45) is 11.8 Å². The average molecular weight is 368 g/mol. The molecule has 1 aliphatic rings. The van der Waals surface area contributed by atoms with E-state index >= 15 is 0 Å². The summed E-state index contributed by atoms with van der Waals surface area (Å²) in [5.41, 5.74) is 1.40. The molecular formula is C17H15F3N2O4. The van der Waals surface area contributed by atoms with Gasteiger partial charge in [-0.15, -0.1) is 0 Å². The number of carboxylic acid groups (broad SMARTS) is 1. The fourth-order valence-electron chi connectivity index (χ4n) is 3.01. The maximum atomic E-state index is 13.1. The summed E-state index contributed by atoms with van der Waals surface area (Å²) < 4.78 is 44.5. The quantitative estimate of drug-likeness (QED) is 0.901. The summed E-state index contributed by atoms with van der Waals surface area (Å²) in [6.45, 7) is 0.627. The number of likely N-dealkylation sites (tertiary alicyclic amines) is 1. The van der Waals surface area contributed by atoms with Crippen LogP contribution in [0, 0.1) is 18.8 Å². The average Bonchev–Trinajstić information content (AvgIpc) is 3.22. The normalized spacial score (nSPS) is 20.4. The van der Waals surface area contributed by atoms with E-state index in [1.807, 2.05) is 6.92 Å². The monoisotopic (exact) mass is 368 g/mol. The lowest BCUT2D eigenvalue weighted by atomic mass is 9.96. The van der Waals surface area contributed by atoms with E-state index in [0.717, 1.165) is 16.9 Å². The van der Waals surface area contributed by atoms with Gasteiger partial charge >= 0.3 is 12.1 Å². The predicted octanol–water partition coefficient (Wildman–Crippen LogP) is 2.99. The highest BCUT2D eigenvalue weighted by atomic mass is 19.4. The lowest BCUT2D eigenvalue weighted by Gasteiger charge is -2.18. The van der Waals surface area contributed by atoms with Gasteiger partial charge in [-0.1, -0.05) is 29.8 Å². The van der Waals surface area contributed by atoms with Crippen LogP contribution in [-0.4, -0.2) is 46.1 Å². The van der Waals surface area contributed by atoms with E-state index in [1.165, 1.54) is 0 Å². The molecular weight excluding hydrogens is 353 g/mol. The van der Waals surface area contributed by atoms with Gasteiger partial charge in [0, 0.05) is 18.7 Å². The molecule has 26 heavy (non-hydrogen) atoms. The Morgan fingerprint density at radius 1 is 1.23 bits per heavy atom. The van der Waals surface area contributed by atoms with Crippen LogP contribution in [0.4, 0.5) is 13.2 Å². The third kappa shape index (κ3) is 3.29. The van der Waals surface area contributed by atoms with Crippen LogP contribution in [0.1, 0.15) is 16.1 Å². The number of carboxylic acids is 1. The Kier molecular flexibility index (Phi) is 4.47. The lowest BCUT2D eigenvalue weighted by molar-refractivity contribution is -0.187. The number of oxazole rings is 1. The molecule has 2 aromatic rings. The van der Waals surface area contributed by atoms with E-state index in [1.54, 1.807) is 24.3 Å². The smallest absolute Gasteiger partial charge is 0.394 e. The molecule has 1 N–H and O–H groups in total. The van der Waals surface area contributed by atoms with Gasteiger partial charge in [-0.2, -0.15) is 13.2 Å². The maximum Gasteiger partial charge on any atom is 0.394 e. The van der Waals surface area contributed by atoms with Crippen molar-refractivity contribution in [1.29, 1.82) is 0 Å². The molecule has 1 aromatic carbocycles. The number of halogens is 3. The number of aliphatic carboxylic acids is 1. The second-order valence-corrected chi connectivity index (χ2v) is 6.20. The van der Waals surface area contributed by atoms with Crippen molar-refractivity contribution < 1.29 is 32.3 Å². The number of alkyl halides is 3. The van der Waals surface area contributed by atoms with Crippen LogP contribution in [0.3, 0.4) is 0 Å². The second-order valence-electron chi connectivity index (χ2n) is 6.20. The topological polar surface area (TPSA) is 83.6 Å². The molecule has 9 heteroatoms. The highest BCUT2D eigenvalue weighted by Gasteiger charge is 2.53. The van der Waals surface area contributed by atoms with E-state index in [2.05, 4.69) is 4.98 Å². The Morgan fingerprint density at radius 3 is 2.42 bits per heavy atom. The van der Waals surface area contributed by atoms with E-state index < -0.39 is 43.0 Å². The molecule has 6 nitrogen and oxygen atoms in total. The third-order valence-corrected chi connectivity index (χ3v) is 4.43. The number of hydrogen-bond donors (Lipinski definition) is 1. The molecule has 1 aliphatic heterocycles. The minimum absolute atomic E-state index is 0.136. The minimum atomic E-state index is -4.71. The van der Waals surface area contributed by atoms with E-state index in [-0.39, 0.29) is 11.5 Å². The molecule has 3 rings (SSSR count). The first-order valence-corrected chi connectivity index (χ1v) is 7.78. The highest BCUT2D eigenvalue weighted by Crippen LogP contribution is 2.38. The standard InChI is InChI=1S/C17H15F3N2O4/c1-9-2-4-10(5-3-9)14-13(21-8-26-14)15(23)22-6-11(16(24)25)12(7-22)17(18,19)20/h2-5,8,11-12H,6-7H2,1H3,(H,24,25)/t11-,12-/m1/s1. The van der Waals surface area contributed by atoms with Gasteiger partial charge in [0.15, 0.2) is 17.8 Å². The summed E-state index contributed by atoms with van der Waals surface area (Å²) in [4.78, 5) is 28.5. The van der Waals surface area contributed by atoms with Crippen molar-refractivity contribution in [2.75, 3.05) is 13.1 Å². The van der Waals surface area contributed by atoms with Gasteiger partial charge in [-0.3, -0.25) is 9.59 Å². The molecule has 1 amide bonds. The fourth-order valence-corrected chi connectivity index (χ4v) is 3.01. The number of carbonyl (C=O) groups excluding carboxylic acids is 1. The van der Waals surface area contributed by atoms with Crippen LogP contribution in [0.5, 0.6) is 0 Å². The van der Waals surface area contributed by atoms with Gasteiger partial charge < -0.3 is 14.4 Å². The molecule has 1 aromatic heterocycles. The number of aromatic nitrogens is 1. The number of carbonyl (C=O) groups is 2. The van der Waals surface area contributed by atoms with Gasteiger partial charge in [-0.25, -0.2) is 4.98 Å². The second kappa shape index (κ2) is 6.47. The molecule has 0 saturated carbocycles. The van der Waals surface area contributed by atoms with Crippen LogP contribution < -0.4 is 0 Å². The van der Waals surface area contributed by atoms with Gasteiger partial charge in [0.2, 0.25) is 0 Å². The zero-order valence-corrected chi connectivity index (χ0v) is 13.7. The van der Waals surface area contributed by atoms with E-state index in [9.17, 15) is 22.8 Å². The number of hydrogen-bond acceptors (Lipinski definition) is 4. The zero-order chi connectivity index (χ0) is 19.1. The summed E-state index contributed by atoms with van der Waals surface area (Å²) >= 11 is 0. The first-order valence-electron chi connectivity index (χ1n) is 7.78. The number of aryl methyl sites for hydroxylation is 1. The Morgan fingerprint density at radius 2 is 1.88 bits per heavy atom. The van der Waals surface area contributed by atoms with Crippen LogP contribution in [0.25, 0.3) is 11.3 Å². The van der Waals surface area contributed by atoms with Crippen molar-refractivity contribution in [3.05, 3.63) is 41.9 Å². The summed E-state index contributed by atoms with van der Waals surface area (Å²) in [5, 5.41) is 9.06. The van der Waals surface area contributed by atoms with Crippen molar-refractivity contribution in [3.8, 4) is 11.3 Å². The zero-order valence-electron chi connectivity index (χ0n) is 13.7. The molecule has 0 bridgehead atoms. The first-order chi connectivity index (χ1) is 12.2. The molecule has 138 valence electrons. The fraction of sp³-hybridized carbons (Fsp3) is 0.353. The maximum absolute atomic E-state index is 13.1. The summed E-state index contributed by atoms with van der Waals surface area (Å²) in [6, 6.07) is 6.99.